The van der Waals surface area contributed by atoms with E-state index in [1.54, 1.807) is 34.8 Å². The van der Waals surface area contributed by atoms with Gasteiger partial charge in [-0.1, -0.05) is 0 Å². The molecule has 162 valence electrons. The number of ether oxygens (including phenoxy) is 1. The van der Waals surface area contributed by atoms with Crippen LogP contribution in [-0.2, 0) is 7.05 Å². The van der Waals surface area contributed by atoms with Gasteiger partial charge in [-0.3, -0.25) is 10.1 Å². The molecule has 31 heavy (non-hydrogen) atoms. The average Bonchev–Trinajstić information content (AvgIpc) is 3.55. The molecule has 5 heterocycles. The molecule has 0 unspecified atom stereocenters. The van der Waals surface area contributed by atoms with E-state index in [1.807, 2.05) is 0 Å². The van der Waals surface area contributed by atoms with Gasteiger partial charge in [-0.05, 0) is 37.8 Å². The van der Waals surface area contributed by atoms with E-state index in [1.165, 1.54) is 10.9 Å². The predicted molar refractivity (Wildman–Crippen MR) is 112 cm³/mol. The van der Waals surface area contributed by atoms with Crippen LogP contribution in [0.1, 0.15) is 36.0 Å². The Bertz CT molecular complexity index is 1120. The minimum atomic E-state index is -0.710. The molecule has 11 nitrogen and oxygen atoms in total. The molecule has 3 aromatic heterocycles. The van der Waals surface area contributed by atoms with Crippen LogP contribution >= 0.6 is 0 Å². The fourth-order valence-corrected chi connectivity index (χ4v) is 4.01. The molecule has 3 aromatic rings. The topological polar surface area (TPSA) is 110 Å². The first kappa shape index (κ1) is 19.3. The Kier molecular flexibility index (Phi) is 4.92. The van der Waals surface area contributed by atoms with Gasteiger partial charge < -0.3 is 14.5 Å². The Morgan fingerprint density at radius 1 is 1.06 bits per heavy atom. The number of aryl methyl sites for hydroxylation is 1. The highest BCUT2D eigenvalue weighted by Gasteiger charge is 2.26. The monoisotopic (exact) mass is 424 g/mol. The van der Waals surface area contributed by atoms with E-state index in [-0.39, 0.29) is 17.4 Å². The minimum Gasteiger partial charge on any atom is -0.390 e. The van der Waals surface area contributed by atoms with E-state index < -0.39 is 6.09 Å². The lowest BCUT2D eigenvalue weighted by Gasteiger charge is -2.15. The number of pyridine rings is 1. The Balaban J connectivity index is 1.30. The summed E-state index contributed by atoms with van der Waals surface area (Å²) in [4.78, 5) is 33.7. The number of carbonyl (C=O) groups is 2. The van der Waals surface area contributed by atoms with Crippen molar-refractivity contribution in [1.82, 2.24) is 29.3 Å². The van der Waals surface area contributed by atoms with Crippen LogP contribution in [0.25, 0.3) is 5.65 Å². The smallest absolute Gasteiger partial charge is 0.390 e. The van der Waals surface area contributed by atoms with E-state index >= 15 is 0 Å². The molecule has 5 rings (SSSR count). The Hall–Kier alpha value is -3.63. The highest BCUT2D eigenvalue weighted by atomic mass is 16.6. The maximum absolute atomic E-state index is 12.7. The molecular weight excluding hydrogens is 400 g/mol. The summed E-state index contributed by atoms with van der Waals surface area (Å²) >= 11 is 0. The van der Waals surface area contributed by atoms with Gasteiger partial charge in [0.05, 0.1) is 18.1 Å². The van der Waals surface area contributed by atoms with E-state index in [2.05, 4.69) is 25.4 Å². The highest BCUT2D eigenvalue weighted by Crippen LogP contribution is 2.23. The number of rotatable bonds is 4. The molecule has 0 bridgehead atoms. The fraction of sp³-hybridized carbons (Fsp3) is 0.450. The van der Waals surface area contributed by atoms with Crippen LogP contribution in [0, 0.1) is 0 Å². The van der Waals surface area contributed by atoms with E-state index in [9.17, 15) is 9.59 Å². The Morgan fingerprint density at radius 3 is 2.58 bits per heavy atom. The van der Waals surface area contributed by atoms with Crippen LogP contribution in [0.4, 0.5) is 16.4 Å². The van der Waals surface area contributed by atoms with Crippen molar-refractivity contribution in [1.29, 1.82) is 0 Å². The second-order valence-corrected chi connectivity index (χ2v) is 7.83. The lowest BCUT2D eigenvalue weighted by atomic mass is 10.3. The van der Waals surface area contributed by atoms with Gasteiger partial charge in [0.1, 0.15) is 5.56 Å². The third-order valence-corrected chi connectivity index (χ3v) is 5.65. The zero-order valence-electron chi connectivity index (χ0n) is 17.3. The second kappa shape index (κ2) is 7.89. The van der Waals surface area contributed by atoms with Crippen molar-refractivity contribution >= 4 is 29.3 Å². The molecule has 0 radical (unpaired) electrons. The fourth-order valence-electron chi connectivity index (χ4n) is 4.01. The number of anilines is 2. The quantitative estimate of drug-likeness (QED) is 0.681. The first-order valence-electron chi connectivity index (χ1n) is 10.5. The molecule has 0 atom stereocenters. The van der Waals surface area contributed by atoms with Gasteiger partial charge in [-0.15, -0.1) is 5.10 Å². The SMILES string of the molecule is Cn1ncc(C(=O)N2CCCC2)c1OC(=O)Nc1ccc2nc(N3CCCC3)nn2c1. The molecule has 2 amide bonds. The molecule has 2 aliphatic heterocycles. The summed E-state index contributed by atoms with van der Waals surface area (Å²) in [5.74, 6) is 0.636. The predicted octanol–water partition coefficient (Wildman–Crippen LogP) is 1.91. The summed E-state index contributed by atoms with van der Waals surface area (Å²) in [5.41, 5.74) is 1.48. The highest BCUT2D eigenvalue weighted by molar-refractivity contribution is 5.97. The summed E-state index contributed by atoms with van der Waals surface area (Å²) in [6, 6.07) is 3.52. The number of hydrogen-bond donors (Lipinski definition) is 1. The van der Waals surface area contributed by atoms with Crippen molar-refractivity contribution < 1.29 is 14.3 Å². The summed E-state index contributed by atoms with van der Waals surface area (Å²) in [5, 5.41) is 11.3. The first-order chi connectivity index (χ1) is 15.1. The van der Waals surface area contributed by atoms with Gasteiger partial charge >= 0.3 is 6.09 Å². The molecule has 11 heteroatoms. The maximum Gasteiger partial charge on any atom is 0.418 e. The zero-order valence-corrected chi connectivity index (χ0v) is 17.3. The van der Waals surface area contributed by atoms with Crippen LogP contribution < -0.4 is 15.0 Å². The average molecular weight is 424 g/mol. The third-order valence-electron chi connectivity index (χ3n) is 5.65. The lowest BCUT2D eigenvalue weighted by molar-refractivity contribution is 0.0790. The van der Waals surface area contributed by atoms with Gasteiger partial charge in [0.2, 0.25) is 11.8 Å². The normalized spacial score (nSPS) is 16.3. The van der Waals surface area contributed by atoms with Gasteiger partial charge in [-0.2, -0.15) is 10.1 Å². The number of nitrogens with zero attached hydrogens (tertiary/aromatic N) is 7. The molecule has 1 N–H and O–H groups in total. The van der Waals surface area contributed by atoms with Crippen LogP contribution in [0.5, 0.6) is 5.88 Å². The molecule has 0 saturated carbocycles. The molecule has 0 spiro atoms. The number of carbonyl (C=O) groups excluding carboxylic acids is 2. The van der Waals surface area contributed by atoms with Crippen LogP contribution in [0.15, 0.2) is 24.5 Å². The van der Waals surface area contributed by atoms with E-state index in [0.29, 0.717) is 30.4 Å². The van der Waals surface area contributed by atoms with Crippen LogP contribution in [0.2, 0.25) is 0 Å². The summed E-state index contributed by atoms with van der Waals surface area (Å²) in [6.07, 6.45) is 6.65. The molecule has 2 aliphatic rings. The van der Waals surface area contributed by atoms with Crippen molar-refractivity contribution in [3.05, 3.63) is 30.1 Å². The molecular formula is C20H24N8O3. The second-order valence-electron chi connectivity index (χ2n) is 7.83. The Labute approximate surface area is 178 Å². The van der Waals surface area contributed by atoms with Crippen molar-refractivity contribution in [2.24, 2.45) is 7.05 Å². The van der Waals surface area contributed by atoms with Gasteiger partial charge in [-0.25, -0.2) is 14.0 Å². The molecule has 0 aromatic carbocycles. The first-order valence-corrected chi connectivity index (χ1v) is 10.5. The van der Waals surface area contributed by atoms with Crippen molar-refractivity contribution in [2.75, 3.05) is 36.4 Å². The summed E-state index contributed by atoms with van der Waals surface area (Å²) < 4.78 is 8.46. The van der Waals surface area contributed by atoms with Gasteiger partial charge in [0.15, 0.2) is 5.65 Å². The number of likely N-dealkylation sites (tertiary alicyclic amines) is 1. The van der Waals surface area contributed by atoms with E-state index in [0.717, 1.165) is 38.8 Å². The summed E-state index contributed by atoms with van der Waals surface area (Å²) in [7, 11) is 1.63. The molecule has 2 fully saturated rings. The largest absolute Gasteiger partial charge is 0.418 e. The van der Waals surface area contributed by atoms with Crippen LogP contribution in [0.3, 0.4) is 0 Å². The number of fused-ring (bicyclic) bond motifs is 1. The minimum absolute atomic E-state index is 0.118. The van der Waals surface area contributed by atoms with Crippen molar-refractivity contribution in [3.8, 4) is 5.88 Å². The Morgan fingerprint density at radius 2 is 1.81 bits per heavy atom. The summed E-state index contributed by atoms with van der Waals surface area (Å²) in [6.45, 7) is 3.32. The third kappa shape index (κ3) is 3.78. The number of hydrogen-bond acceptors (Lipinski definition) is 7. The standard InChI is InChI=1S/C20H24N8O3/c1-25-18(15(12-21-25)17(29)26-8-2-3-9-26)31-20(30)22-14-6-7-16-23-19(24-28(16)13-14)27-10-4-5-11-27/h6-7,12-13H,2-5,8-11H2,1H3,(H,22,30). The maximum atomic E-state index is 12.7. The van der Waals surface area contributed by atoms with Gasteiger partial charge in [0.25, 0.3) is 5.91 Å². The van der Waals surface area contributed by atoms with E-state index in [4.69, 9.17) is 4.74 Å². The number of nitrogens with one attached hydrogen (secondary N) is 1. The van der Waals surface area contributed by atoms with Crippen molar-refractivity contribution in [2.45, 2.75) is 25.7 Å². The number of amides is 2. The number of aromatic nitrogens is 5. The van der Waals surface area contributed by atoms with Crippen molar-refractivity contribution in [3.63, 3.8) is 0 Å². The molecule has 0 aliphatic carbocycles. The van der Waals surface area contributed by atoms with Gasteiger partial charge in [0, 0.05) is 33.2 Å². The van der Waals surface area contributed by atoms with Crippen LogP contribution in [-0.4, -0.2) is 67.5 Å². The zero-order chi connectivity index (χ0) is 21.4. The molecule has 2 saturated heterocycles. The lowest BCUT2D eigenvalue weighted by Crippen LogP contribution is -2.28.